The van der Waals surface area contributed by atoms with Crippen molar-refractivity contribution in [3.05, 3.63) is 134 Å². The van der Waals surface area contributed by atoms with Crippen molar-refractivity contribution >= 4 is 28.5 Å². The number of benzene rings is 4. The lowest BCUT2D eigenvalue weighted by Gasteiger charge is -2.27. The second-order valence-electron chi connectivity index (χ2n) is 7.81. The highest BCUT2D eigenvalue weighted by Gasteiger charge is 2.47. The molecule has 0 saturated carbocycles. The van der Waals surface area contributed by atoms with Crippen LogP contribution in [0.15, 0.2) is 134 Å². The van der Waals surface area contributed by atoms with Crippen molar-refractivity contribution in [3.63, 3.8) is 0 Å². The zero-order valence-electron chi connectivity index (χ0n) is 18.5. The maximum Gasteiger partial charge on any atom is 0.144 e. The van der Waals surface area contributed by atoms with Crippen LogP contribution in [-0.4, -0.2) is 12.1 Å². The number of hydrogen-bond donors (Lipinski definition) is 0. The summed E-state index contributed by atoms with van der Waals surface area (Å²) in [7, 11) is -0.446. The summed E-state index contributed by atoms with van der Waals surface area (Å²) >= 11 is 0. The van der Waals surface area contributed by atoms with Gasteiger partial charge in [-0.3, -0.25) is 4.98 Å². The van der Waals surface area contributed by atoms with E-state index in [2.05, 4.69) is 115 Å². The molecule has 160 valence electrons. The number of ether oxygens (including phenoxy) is 1. The zero-order chi connectivity index (χ0) is 22.5. The molecule has 3 heteroatoms. The van der Waals surface area contributed by atoms with E-state index in [0.29, 0.717) is 0 Å². The quantitative estimate of drug-likeness (QED) is 0.327. The maximum atomic E-state index is 5.34. The molecule has 0 spiro atoms. The molecule has 0 radical (unpaired) electrons. The van der Waals surface area contributed by atoms with Crippen molar-refractivity contribution in [2.45, 2.75) is 0 Å². The van der Waals surface area contributed by atoms with Crippen LogP contribution in [0.2, 0.25) is 0 Å². The second-order valence-corrected chi connectivity index (χ2v) is 11.2. The fraction of sp³-hybridized carbons (Fsp3) is 0.0333. The van der Waals surface area contributed by atoms with E-state index in [4.69, 9.17) is 9.72 Å². The molecule has 0 fully saturated rings. The minimum absolute atomic E-state index is 0.842. The Labute approximate surface area is 195 Å². The van der Waals surface area contributed by atoms with Gasteiger partial charge in [-0.15, -0.1) is 0 Å². The summed E-state index contributed by atoms with van der Waals surface area (Å²) in [6.45, 7) is 0. The van der Waals surface area contributed by atoms with Gasteiger partial charge in [0.05, 0.1) is 12.8 Å². The molecule has 0 atom stereocenters. The zero-order valence-corrected chi connectivity index (χ0v) is 19.4. The summed E-state index contributed by atoms with van der Waals surface area (Å²) in [5, 5.41) is 5.27. The largest absolute Gasteiger partial charge is 0.497 e. The Morgan fingerprint density at radius 2 is 1.03 bits per heavy atom. The Hall–Kier alpha value is -3.74. The first kappa shape index (κ1) is 21.1. The fourth-order valence-electron chi connectivity index (χ4n) is 4.40. The Morgan fingerprint density at radius 1 is 0.545 bits per heavy atom. The molecular weight excluding hydrogens is 421 g/mol. The van der Waals surface area contributed by atoms with Gasteiger partial charge in [0.2, 0.25) is 0 Å². The molecule has 4 aromatic carbocycles. The first-order valence-corrected chi connectivity index (χ1v) is 12.8. The topological polar surface area (TPSA) is 22.1 Å². The minimum Gasteiger partial charge on any atom is -0.497 e. The molecular formula is C30H25NOP+. The third kappa shape index (κ3) is 3.95. The standard InChI is InChI=1S/C30H25NOP/c1-32-25-19-17-24(18-20-25)30-23-29(21-22-31-30)33(26-11-5-2-6-12-26,27-13-7-3-8-14-27)28-15-9-4-10-16-28/h2-23H,1H3/q+1. The average Bonchev–Trinajstić information content (AvgIpc) is 2.91. The van der Waals surface area contributed by atoms with Crippen LogP contribution in [0.3, 0.4) is 0 Å². The van der Waals surface area contributed by atoms with Gasteiger partial charge in [0.25, 0.3) is 0 Å². The maximum absolute atomic E-state index is 5.34. The van der Waals surface area contributed by atoms with Gasteiger partial charge < -0.3 is 4.74 Å². The number of nitrogens with zero attached hydrogens (tertiary/aromatic N) is 1. The monoisotopic (exact) mass is 446 g/mol. The van der Waals surface area contributed by atoms with Crippen LogP contribution in [0.4, 0.5) is 0 Å². The van der Waals surface area contributed by atoms with Crippen LogP contribution in [0.1, 0.15) is 0 Å². The van der Waals surface area contributed by atoms with Crippen molar-refractivity contribution in [2.75, 3.05) is 7.11 Å². The predicted molar refractivity (Wildman–Crippen MR) is 141 cm³/mol. The first-order chi connectivity index (χ1) is 16.3. The van der Waals surface area contributed by atoms with Crippen LogP contribution in [0.5, 0.6) is 5.75 Å². The molecule has 5 aromatic rings. The van der Waals surface area contributed by atoms with Crippen molar-refractivity contribution in [1.29, 1.82) is 0 Å². The van der Waals surface area contributed by atoms with E-state index < -0.39 is 7.26 Å². The third-order valence-corrected chi connectivity index (χ3v) is 10.2. The van der Waals surface area contributed by atoms with E-state index in [1.807, 2.05) is 18.3 Å². The summed E-state index contributed by atoms with van der Waals surface area (Å²) in [6, 6.07) is 45.3. The highest BCUT2D eigenvalue weighted by atomic mass is 31.2. The molecule has 0 amide bonds. The van der Waals surface area contributed by atoms with Crippen molar-refractivity contribution < 1.29 is 4.74 Å². The normalized spacial score (nSPS) is 11.2. The Kier molecular flexibility index (Phi) is 6.02. The summed E-state index contributed by atoms with van der Waals surface area (Å²) in [4.78, 5) is 4.74. The molecule has 0 bridgehead atoms. The molecule has 0 aliphatic rings. The SMILES string of the molecule is COc1ccc(-c2cc([P+](c3ccccc3)(c3ccccc3)c3ccccc3)ccn2)cc1. The number of rotatable bonds is 6. The second kappa shape index (κ2) is 9.40. The van der Waals surface area contributed by atoms with Crippen molar-refractivity contribution in [1.82, 2.24) is 4.98 Å². The molecule has 0 N–H and O–H groups in total. The van der Waals surface area contributed by atoms with Crippen LogP contribution >= 0.6 is 7.26 Å². The van der Waals surface area contributed by atoms with Gasteiger partial charge >= 0.3 is 0 Å². The minimum atomic E-state index is -2.13. The average molecular weight is 447 g/mol. The van der Waals surface area contributed by atoms with Gasteiger partial charge in [-0.2, -0.15) is 0 Å². The van der Waals surface area contributed by atoms with Crippen LogP contribution in [-0.2, 0) is 0 Å². The van der Waals surface area contributed by atoms with E-state index in [1.165, 1.54) is 21.2 Å². The number of pyridine rings is 1. The van der Waals surface area contributed by atoms with Gasteiger partial charge in [-0.25, -0.2) is 0 Å². The first-order valence-electron chi connectivity index (χ1n) is 11.0. The highest BCUT2D eigenvalue weighted by molar-refractivity contribution is 8.01. The van der Waals surface area contributed by atoms with Gasteiger partial charge in [-0.05, 0) is 66.7 Å². The Bertz CT molecular complexity index is 1220. The Balaban J connectivity index is 1.80. The van der Waals surface area contributed by atoms with E-state index in [0.717, 1.165) is 17.0 Å². The molecule has 0 saturated heterocycles. The molecule has 0 unspecified atom stereocenters. The number of methoxy groups -OCH3 is 1. The van der Waals surface area contributed by atoms with Gasteiger partial charge in [0, 0.05) is 17.8 Å². The molecule has 1 aromatic heterocycles. The lowest BCUT2D eigenvalue weighted by atomic mass is 10.1. The molecule has 33 heavy (non-hydrogen) atoms. The Morgan fingerprint density at radius 3 is 1.48 bits per heavy atom. The van der Waals surface area contributed by atoms with Gasteiger partial charge in [0.1, 0.15) is 34.2 Å². The van der Waals surface area contributed by atoms with E-state index in [-0.39, 0.29) is 0 Å². The summed E-state index contributed by atoms with van der Waals surface area (Å²) in [5.41, 5.74) is 2.03. The van der Waals surface area contributed by atoms with Gasteiger partial charge in [-0.1, -0.05) is 54.6 Å². The smallest absolute Gasteiger partial charge is 0.144 e. The van der Waals surface area contributed by atoms with Crippen LogP contribution < -0.4 is 26.0 Å². The molecule has 2 nitrogen and oxygen atoms in total. The van der Waals surface area contributed by atoms with Crippen LogP contribution in [0.25, 0.3) is 11.3 Å². The summed E-state index contributed by atoms with van der Waals surface area (Å²) in [6.07, 6.45) is 1.94. The molecule has 1 heterocycles. The highest BCUT2D eigenvalue weighted by Crippen LogP contribution is 2.54. The van der Waals surface area contributed by atoms with Crippen molar-refractivity contribution in [2.24, 2.45) is 0 Å². The number of hydrogen-bond acceptors (Lipinski definition) is 2. The van der Waals surface area contributed by atoms with Gasteiger partial charge in [0.15, 0.2) is 0 Å². The summed E-state index contributed by atoms with van der Waals surface area (Å²) < 4.78 is 5.34. The van der Waals surface area contributed by atoms with E-state index >= 15 is 0 Å². The van der Waals surface area contributed by atoms with Crippen LogP contribution in [0, 0.1) is 0 Å². The fourth-order valence-corrected chi connectivity index (χ4v) is 8.65. The molecule has 0 aliphatic carbocycles. The molecule has 5 rings (SSSR count). The lowest BCUT2D eigenvalue weighted by Crippen LogP contribution is -2.38. The third-order valence-electron chi connectivity index (χ3n) is 5.95. The summed E-state index contributed by atoms with van der Waals surface area (Å²) in [5.74, 6) is 0.842. The van der Waals surface area contributed by atoms with E-state index in [1.54, 1.807) is 7.11 Å². The van der Waals surface area contributed by atoms with E-state index in [9.17, 15) is 0 Å². The lowest BCUT2D eigenvalue weighted by molar-refractivity contribution is 0.415. The number of aromatic nitrogens is 1. The van der Waals surface area contributed by atoms with Crippen molar-refractivity contribution in [3.8, 4) is 17.0 Å². The molecule has 0 aliphatic heterocycles. The predicted octanol–water partition coefficient (Wildman–Crippen LogP) is 5.38.